The lowest BCUT2D eigenvalue weighted by Gasteiger charge is -2.11. The van der Waals surface area contributed by atoms with Crippen molar-refractivity contribution in [1.82, 2.24) is 0 Å². The van der Waals surface area contributed by atoms with Crippen molar-refractivity contribution in [3.63, 3.8) is 0 Å². The molecule has 0 bridgehead atoms. The van der Waals surface area contributed by atoms with E-state index in [0.717, 1.165) is 18.2 Å². The van der Waals surface area contributed by atoms with Crippen molar-refractivity contribution >= 4 is 27.3 Å². The number of rotatable bonds is 4. The van der Waals surface area contributed by atoms with Crippen LogP contribution in [0, 0.1) is 5.82 Å². The summed E-state index contributed by atoms with van der Waals surface area (Å²) < 4.78 is 39.7. The number of halogens is 2. The zero-order chi connectivity index (χ0) is 14.8. The number of anilines is 1. The van der Waals surface area contributed by atoms with Gasteiger partial charge in [-0.3, -0.25) is 4.72 Å². The summed E-state index contributed by atoms with van der Waals surface area (Å²) in [6.07, 6.45) is 0. The predicted molar refractivity (Wildman–Crippen MR) is 74.6 cm³/mol. The van der Waals surface area contributed by atoms with Crippen molar-refractivity contribution in [1.29, 1.82) is 0 Å². The summed E-state index contributed by atoms with van der Waals surface area (Å²) in [7, 11) is -3.90. The monoisotopic (exact) mass is 315 g/mol. The molecule has 0 amide bonds. The second-order valence-electron chi connectivity index (χ2n) is 4.00. The fraction of sp³-hybridized carbons (Fsp3) is 0.0769. The fourth-order valence-corrected chi connectivity index (χ4v) is 2.98. The maximum atomic E-state index is 13.1. The molecule has 0 aliphatic carbocycles. The van der Waals surface area contributed by atoms with Gasteiger partial charge in [0.1, 0.15) is 5.82 Å². The molecule has 0 atom stereocenters. The Morgan fingerprint density at radius 2 is 1.90 bits per heavy atom. The summed E-state index contributed by atoms with van der Waals surface area (Å²) >= 11 is 5.57. The minimum Gasteiger partial charge on any atom is -0.392 e. The highest BCUT2D eigenvalue weighted by atomic mass is 35.5. The molecule has 2 rings (SSSR count). The molecular weight excluding hydrogens is 305 g/mol. The summed E-state index contributed by atoms with van der Waals surface area (Å²) in [6, 6.07) is 9.55. The lowest BCUT2D eigenvalue weighted by Crippen LogP contribution is -2.14. The largest absolute Gasteiger partial charge is 0.392 e. The SMILES string of the molecule is O=S(=O)(Nc1ccccc1CO)c1ccc(F)c(Cl)c1. The van der Waals surface area contributed by atoms with Crippen LogP contribution in [0.5, 0.6) is 0 Å². The van der Waals surface area contributed by atoms with Crippen LogP contribution in [0.15, 0.2) is 47.4 Å². The first-order valence-corrected chi connectivity index (χ1v) is 7.47. The van der Waals surface area contributed by atoms with E-state index in [1.54, 1.807) is 18.2 Å². The van der Waals surface area contributed by atoms with Gasteiger partial charge < -0.3 is 5.11 Å². The molecule has 20 heavy (non-hydrogen) atoms. The smallest absolute Gasteiger partial charge is 0.261 e. The van der Waals surface area contributed by atoms with Gasteiger partial charge in [0.2, 0.25) is 0 Å². The number of hydrogen-bond acceptors (Lipinski definition) is 3. The second kappa shape index (κ2) is 5.78. The van der Waals surface area contributed by atoms with Gasteiger partial charge in [-0.2, -0.15) is 0 Å². The van der Waals surface area contributed by atoms with Gasteiger partial charge in [-0.25, -0.2) is 12.8 Å². The van der Waals surface area contributed by atoms with Crippen LogP contribution in [-0.2, 0) is 16.6 Å². The van der Waals surface area contributed by atoms with Gasteiger partial charge in [0, 0.05) is 5.56 Å². The molecule has 2 aromatic rings. The van der Waals surface area contributed by atoms with Crippen molar-refractivity contribution in [3.05, 3.63) is 58.9 Å². The highest BCUT2D eigenvalue weighted by molar-refractivity contribution is 7.92. The lowest BCUT2D eigenvalue weighted by atomic mass is 10.2. The summed E-state index contributed by atoms with van der Waals surface area (Å²) in [5.74, 6) is -0.693. The third-order valence-electron chi connectivity index (χ3n) is 2.63. The first kappa shape index (κ1) is 14.8. The maximum Gasteiger partial charge on any atom is 0.261 e. The van der Waals surface area contributed by atoms with E-state index in [0.29, 0.717) is 5.56 Å². The van der Waals surface area contributed by atoms with E-state index in [1.807, 2.05) is 0 Å². The van der Waals surface area contributed by atoms with Crippen LogP contribution in [0.3, 0.4) is 0 Å². The normalized spacial score (nSPS) is 11.3. The highest BCUT2D eigenvalue weighted by Crippen LogP contribution is 2.23. The minimum atomic E-state index is -3.90. The Kier molecular flexibility index (Phi) is 4.27. The standard InChI is InChI=1S/C13H11ClFNO3S/c14-11-7-10(5-6-12(11)15)20(18,19)16-13-4-2-1-3-9(13)8-17/h1-7,16-17H,8H2. The highest BCUT2D eigenvalue weighted by Gasteiger charge is 2.17. The van der Waals surface area contributed by atoms with Crippen molar-refractivity contribution in [2.75, 3.05) is 4.72 Å². The number of aliphatic hydroxyl groups excluding tert-OH is 1. The van der Waals surface area contributed by atoms with Crippen molar-refractivity contribution in [3.8, 4) is 0 Å². The molecule has 0 radical (unpaired) electrons. The summed E-state index contributed by atoms with van der Waals surface area (Å²) in [6.45, 7) is -0.303. The Bertz CT molecular complexity index is 734. The van der Waals surface area contributed by atoms with E-state index in [-0.39, 0.29) is 22.2 Å². The number of para-hydroxylation sites is 1. The molecule has 0 saturated carbocycles. The van der Waals surface area contributed by atoms with Crippen LogP contribution in [-0.4, -0.2) is 13.5 Å². The van der Waals surface area contributed by atoms with Gasteiger partial charge in [0.05, 0.1) is 22.2 Å². The van der Waals surface area contributed by atoms with Crippen molar-refractivity contribution < 1.29 is 17.9 Å². The van der Waals surface area contributed by atoms with Crippen molar-refractivity contribution in [2.24, 2.45) is 0 Å². The first-order chi connectivity index (χ1) is 9.44. The summed E-state index contributed by atoms with van der Waals surface area (Å²) in [4.78, 5) is -0.156. The predicted octanol–water partition coefficient (Wildman–Crippen LogP) is 2.77. The van der Waals surface area contributed by atoms with E-state index < -0.39 is 15.8 Å². The molecule has 0 unspecified atom stereocenters. The van der Waals surface area contributed by atoms with Crippen LogP contribution < -0.4 is 4.72 Å². The van der Waals surface area contributed by atoms with Gasteiger partial charge >= 0.3 is 0 Å². The van der Waals surface area contributed by atoms with Gasteiger partial charge in [-0.05, 0) is 24.3 Å². The molecule has 0 spiro atoms. The quantitative estimate of drug-likeness (QED) is 0.911. The van der Waals surface area contributed by atoms with Crippen molar-refractivity contribution in [2.45, 2.75) is 11.5 Å². The molecule has 7 heteroatoms. The topological polar surface area (TPSA) is 66.4 Å². The van der Waals surface area contributed by atoms with Gasteiger partial charge in [0.25, 0.3) is 10.0 Å². The van der Waals surface area contributed by atoms with E-state index in [1.165, 1.54) is 6.07 Å². The Labute approximate surface area is 120 Å². The second-order valence-corrected chi connectivity index (χ2v) is 6.09. The molecule has 0 aliphatic heterocycles. The fourth-order valence-electron chi connectivity index (χ4n) is 1.61. The Morgan fingerprint density at radius 3 is 2.55 bits per heavy atom. The summed E-state index contributed by atoms with van der Waals surface area (Å²) in [5, 5.41) is 8.89. The average Bonchev–Trinajstić information content (AvgIpc) is 2.42. The first-order valence-electron chi connectivity index (χ1n) is 5.60. The van der Waals surface area contributed by atoms with Crippen LogP contribution >= 0.6 is 11.6 Å². The van der Waals surface area contributed by atoms with Gasteiger partial charge in [-0.15, -0.1) is 0 Å². The number of benzene rings is 2. The zero-order valence-corrected chi connectivity index (χ0v) is 11.7. The molecule has 0 saturated heterocycles. The number of sulfonamides is 1. The molecule has 0 fully saturated rings. The third-order valence-corrected chi connectivity index (χ3v) is 4.29. The molecule has 0 aromatic heterocycles. The molecular formula is C13H11ClFNO3S. The molecule has 0 heterocycles. The number of nitrogens with one attached hydrogen (secondary N) is 1. The van der Waals surface area contributed by atoms with Crippen LogP contribution in [0.25, 0.3) is 0 Å². The Balaban J connectivity index is 2.38. The zero-order valence-electron chi connectivity index (χ0n) is 10.2. The number of aliphatic hydroxyl groups is 1. The number of hydrogen-bond donors (Lipinski definition) is 2. The average molecular weight is 316 g/mol. The molecule has 2 aromatic carbocycles. The molecule has 106 valence electrons. The van der Waals surface area contributed by atoms with Crippen LogP contribution in [0.4, 0.5) is 10.1 Å². The maximum absolute atomic E-state index is 13.1. The van der Waals surface area contributed by atoms with E-state index in [4.69, 9.17) is 16.7 Å². The van der Waals surface area contributed by atoms with Crippen LogP contribution in [0.2, 0.25) is 5.02 Å². The van der Waals surface area contributed by atoms with Gasteiger partial charge in [0.15, 0.2) is 0 Å². The van der Waals surface area contributed by atoms with E-state index in [2.05, 4.69) is 4.72 Å². The van der Waals surface area contributed by atoms with Gasteiger partial charge in [-0.1, -0.05) is 29.8 Å². The molecule has 2 N–H and O–H groups in total. The van der Waals surface area contributed by atoms with E-state index in [9.17, 15) is 12.8 Å². The van der Waals surface area contributed by atoms with Crippen LogP contribution in [0.1, 0.15) is 5.56 Å². The lowest BCUT2D eigenvalue weighted by molar-refractivity contribution is 0.282. The molecule has 0 aliphatic rings. The molecule has 4 nitrogen and oxygen atoms in total. The van der Waals surface area contributed by atoms with E-state index >= 15 is 0 Å². The minimum absolute atomic E-state index is 0.156. The Hall–Kier alpha value is -1.63. The summed E-state index contributed by atoms with van der Waals surface area (Å²) in [5.41, 5.74) is 0.694. The Morgan fingerprint density at radius 1 is 1.20 bits per heavy atom. The third kappa shape index (κ3) is 3.09.